The van der Waals surface area contributed by atoms with Crippen LogP contribution in [0.15, 0.2) is 0 Å². The zero-order chi connectivity index (χ0) is 12.7. The molecule has 0 amide bonds. The molecule has 0 aliphatic carbocycles. The van der Waals surface area contributed by atoms with Crippen LogP contribution in [-0.4, -0.2) is 61.5 Å². The average molecular weight is 244 g/mol. The Balaban J connectivity index is 2.15. The van der Waals surface area contributed by atoms with E-state index in [0.29, 0.717) is 18.5 Å². The van der Waals surface area contributed by atoms with E-state index in [-0.39, 0.29) is 6.10 Å². The highest BCUT2D eigenvalue weighted by atomic mass is 16.5. The molecule has 3 atom stereocenters. The van der Waals surface area contributed by atoms with Gasteiger partial charge in [-0.3, -0.25) is 0 Å². The van der Waals surface area contributed by atoms with E-state index >= 15 is 0 Å². The highest BCUT2D eigenvalue weighted by molar-refractivity contribution is 4.77. The van der Waals surface area contributed by atoms with E-state index in [1.807, 2.05) is 0 Å². The molecule has 4 nitrogen and oxygen atoms in total. The predicted octanol–water partition coefficient (Wildman–Crippen LogP) is 0.704. The van der Waals surface area contributed by atoms with Crippen LogP contribution in [0.25, 0.3) is 0 Å². The molecule has 0 bridgehead atoms. The van der Waals surface area contributed by atoms with E-state index in [9.17, 15) is 5.11 Å². The van der Waals surface area contributed by atoms with Crippen LogP contribution in [0.5, 0.6) is 0 Å². The molecular formula is C13H28N2O2. The van der Waals surface area contributed by atoms with Gasteiger partial charge in [0.25, 0.3) is 0 Å². The number of likely N-dealkylation sites (N-methyl/N-ethyl adjacent to an activating group) is 1. The molecule has 0 spiro atoms. The molecule has 0 aromatic carbocycles. The zero-order valence-electron chi connectivity index (χ0n) is 11.5. The molecule has 0 saturated carbocycles. The molecule has 3 unspecified atom stereocenters. The van der Waals surface area contributed by atoms with Crippen molar-refractivity contribution in [1.29, 1.82) is 0 Å². The maximum Gasteiger partial charge on any atom is 0.0791 e. The summed E-state index contributed by atoms with van der Waals surface area (Å²) < 4.78 is 5.37. The number of ether oxygens (including phenoxy) is 1. The fourth-order valence-electron chi connectivity index (χ4n) is 2.28. The Kier molecular flexibility index (Phi) is 7.04. The third kappa shape index (κ3) is 5.34. The van der Waals surface area contributed by atoms with Crippen molar-refractivity contribution in [3.8, 4) is 0 Å². The summed E-state index contributed by atoms with van der Waals surface area (Å²) in [6.45, 7) is 11.6. The second-order valence-electron chi connectivity index (χ2n) is 4.96. The second-order valence-corrected chi connectivity index (χ2v) is 4.96. The van der Waals surface area contributed by atoms with Gasteiger partial charge in [-0.2, -0.15) is 0 Å². The van der Waals surface area contributed by atoms with Crippen LogP contribution >= 0.6 is 0 Å². The molecule has 2 N–H and O–H groups in total. The Hall–Kier alpha value is -0.160. The van der Waals surface area contributed by atoms with Crippen LogP contribution in [0.1, 0.15) is 27.2 Å². The molecule has 0 radical (unpaired) electrons. The van der Waals surface area contributed by atoms with Gasteiger partial charge in [0, 0.05) is 25.7 Å². The van der Waals surface area contributed by atoms with Gasteiger partial charge in [-0.25, -0.2) is 0 Å². The first-order valence-electron chi connectivity index (χ1n) is 6.88. The summed E-state index contributed by atoms with van der Waals surface area (Å²) in [7, 11) is 0. The first-order chi connectivity index (χ1) is 8.17. The molecule has 1 saturated heterocycles. The summed E-state index contributed by atoms with van der Waals surface area (Å²) >= 11 is 0. The fraction of sp³-hybridized carbons (Fsp3) is 1.00. The lowest BCUT2D eigenvalue weighted by atomic mass is 10.0. The van der Waals surface area contributed by atoms with Crippen molar-refractivity contribution >= 4 is 0 Å². The normalized spacial score (nSPS) is 24.2. The third-order valence-corrected chi connectivity index (χ3v) is 3.71. The zero-order valence-corrected chi connectivity index (χ0v) is 11.5. The van der Waals surface area contributed by atoms with Crippen LogP contribution in [0.2, 0.25) is 0 Å². The van der Waals surface area contributed by atoms with E-state index in [1.165, 1.54) is 0 Å². The molecule has 0 aromatic rings. The first kappa shape index (κ1) is 14.9. The summed E-state index contributed by atoms with van der Waals surface area (Å²) in [6, 6.07) is 0.434. The Labute approximate surface area is 105 Å². The standard InChI is InChI=1S/C13H28N2O2/c1-4-15(5-2)9-13(16)8-14-11(3)12-6-7-17-10-12/h11-14,16H,4-10H2,1-3H3. The minimum absolute atomic E-state index is 0.278. The van der Waals surface area contributed by atoms with E-state index in [4.69, 9.17) is 4.74 Å². The molecular weight excluding hydrogens is 216 g/mol. The van der Waals surface area contributed by atoms with Crippen molar-refractivity contribution in [2.45, 2.75) is 39.3 Å². The van der Waals surface area contributed by atoms with E-state index in [2.05, 4.69) is 31.0 Å². The highest BCUT2D eigenvalue weighted by Gasteiger charge is 2.22. The van der Waals surface area contributed by atoms with E-state index < -0.39 is 0 Å². The molecule has 102 valence electrons. The lowest BCUT2D eigenvalue weighted by Crippen LogP contribution is -2.43. The van der Waals surface area contributed by atoms with Gasteiger partial charge in [0.05, 0.1) is 12.7 Å². The van der Waals surface area contributed by atoms with Crippen molar-refractivity contribution in [3.63, 3.8) is 0 Å². The average Bonchev–Trinajstić information content (AvgIpc) is 2.86. The number of hydrogen-bond donors (Lipinski definition) is 2. The van der Waals surface area contributed by atoms with Crippen LogP contribution in [0, 0.1) is 5.92 Å². The molecule has 1 aliphatic rings. The molecule has 1 rings (SSSR count). The van der Waals surface area contributed by atoms with Crippen molar-refractivity contribution in [2.24, 2.45) is 5.92 Å². The Morgan fingerprint density at radius 2 is 2.12 bits per heavy atom. The van der Waals surface area contributed by atoms with Gasteiger partial charge in [0.1, 0.15) is 0 Å². The minimum Gasteiger partial charge on any atom is -0.390 e. The van der Waals surface area contributed by atoms with E-state index in [1.54, 1.807) is 0 Å². The lowest BCUT2D eigenvalue weighted by molar-refractivity contribution is 0.110. The lowest BCUT2D eigenvalue weighted by Gasteiger charge is -2.25. The number of aliphatic hydroxyl groups is 1. The van der Waals surface area contributed by atoms with Crippen LogP contribution < -0.4 is 5.32 Å². The van der Waals surface area contributed by atoms with E-state index in [0.717, 1.165) is 39.3 Å². The van der Waals surface area contributed by atoms with Crippen molar-refractivity contribution in [1.82, 2.24) is 10.2 Å². The monoisotopic (exact) mass is 244 g/mol. The third-order valence-electron chi connectivity index (χ3n) is 3.71. The van der Waals surface area contributed by atoms with Crippen LogP contribution in [0.3, 0.4) is 0 Å². The number of aliphatic hydroxyl groups excluding tert-OH is 1. The summed E-state index contributed by atoms with van der Waals surface area (Å²) in [5.41, 5.74) is 0. The molecule has 0 aromatic heterocycles. The molecule has 1 heterocycles. The number of rotatable bonds is 8. The molecule has 17 heavy (non-hydrogen) atoms. The van der Waals surface area contributed by atoms with Crippen LogP contribution in [0.4, 0.5) is 0 Å². The predicted molar refractivity (Wildman–Crippen MR) is 70.2 cm³/mol. The van der Waals surface area contributed by atoms with Gasteiger partial charge in [-0.1, -0.05) is 13.8 Å². The van der Waals surface area contributed by atoms with Gasteiger partial charge in [-0.15, -0.1) is 0 Å². The van der Waals surface area contributed by atoms with Gasteiger partial charge < -0.3 is 20.1 Å². The molecule has 4 heteroatoms. The summed E-state index contributed by atoms with van der Waals surface area (Å²) in [5.74, 6) is 0.607. The topological polar surface area (TPSA) is 44.7 Å². The van der Waals surface area contributed by atoms with Crippen molar-refractivity contribution < 1.29 is 9.84 Å². The van der Waals surface area contributed by atoms with Gasteiger partial charge >= 0.3 is 0 Å². The number of nitrogens with one attached hydrogen (secondary N) is 1. The van der Waals surface area contributed by atoms with Crippen molar-refractivity contribution in [3.05, 3.63) is 0 Å². The maximum absolute atomic E-state index is 9.94. The fourth-order valence-corrected chi connectivity index (χ4v) is 2.28. The Morgan fingerprint density at radius 3 is 2.65 bits per heavy atom. The largest absolute Gasteiger partial charge is 0.390 e. The molecule has 1 fully saturated rings. The Bertz CT molecular complexity index is 192. The second kappa shape index (κ2) is 8.03. The Morgan fingerprint density at radius 1 is 1.41 bits per heavy atom. The van der Waals surface area contributed by atoms with Crippen LogP contribution in [-0.2, 0) is 4.74 Å². The van der Waals surface area contributed by atoms with Gasteiger partial charge in [0.2, 0.25) is 0 Å². The summed E-state index contributed by atoms with van der Waals surface area (Å²) in [5, 5.41) is 13.4. The smallest absolute Gasteiger partial charge is 0.0791 e. The number of nitrogens with zero attached hydrogens (tertiary/aromatic N) is 1. The quantitative estimate of drug-likeness (QED) is 0.660. The number of hydrogen-bond acceptors (Lipinski definition) is 4. The minimum atomic E-state index is -0.278. The summed E-state index contributed by atoms with van der Waals surface area (Å²) in [6.07, 6.45) is 0.861. The molecule has 1 aliphatic heterocycles. The first-order valence-corrected chi connectivity index (χ1v) is 6.88. The van der Waals surface area contributed by atoms with Crippen molar-refractivity contribution in [2.75, 3.05) is 39.4 Å². The SMILES string of the molecule is CCN(CC)CC(O)CNC(C)C1CCOC1. The highest BCUT2D eigenvalue weighted by Crippen LogP contribution is 2.16. The van der Waals surface area contributed by atoms with Gasteiger partial charge in [-0.05, 0) is 32.4 Å². The van der Waals surface area contributed by atoms with Gasteiger partial charge in [0.15, 0.2) is 0 Å². The summed E-state index contributed by atoms with van der Waals surface area (Å²) in [4.78, 5) is 2.25. The maximum atomic E-state index is 9.94.